The molecule has 1 aromatic heterocycles. The number of aromatic carboxylic acids is 1. The molecule has 0 bridgehead atoms. The molecule has 1 N–H and O–H groups in total. The van der Waals surface area contributed by atoms with Crippen molar-refractivity contribution in [2.24, 2.45) is 5.92 Å². The molecule has 8 nitrogen and oxygen atoms in total. The van der Waals surface area contributed by atoms with Gasteiger partial charge in [0.2, 0.25) is 5.91 Å². The summed E-state index contributed by atoms with van der Waals surface area (Å²) in [6.07, 6.45) is -0.106. The molecule has 1 fully saturated rings. The van der Waals surface area contributed by atoms with E-state index in [0.717, 1.165) is 4.90 Å². The van der Waals surface area contributed by atoms with Gasteiger partial charge in [-0.3, -0.25) is 9.69 Å². The van der Waals surface area contributed by atoms with Crippen LogP contribution in [0.1, 0.15) is 16.9 Å². The number of halogens is 1. The number of hydrogen-bond donors (Lipinski definition) is 1. The maximum atomic E-state index is 12.6. The van der Waals surface area contributed by atoms with Gasteiger partial charge in [0, 0.05) is 18.9 Å². The quantitative estimate of drug-likeness (QED) is 0.767. The number of carboxylic acids is 1. The van der Waals surface area contributed by atoms with Gasteiger partial charge in [-0.1, -0.05) is 0 Å². The van der Waals surface area contributed by atoms with Crippen LogP contribution in [-0.2, 0) is 15.0 Å². The number of carbonyl (C=O) groups excluding carboxylic acids is 1. The summed E-state index contributed by atoms with van der Waals surface area (Å²) >= 11 is 0. The zero-order valence-corrected chi connectivity index (χ0v) is 10.9. The Balaban J connectivity index is 2.13. The van der Waals surface area contributed by atoms with Gasteiger partial charge in [-0.2, -0.15) is 8.42 Å². The highest BCUT2D eigenvalue weighted by Crippen LogP contribution is 2.24. The summed E-state index contributed by atoms with van der Waals surface area (Å²) in [7, 11) is -4.65. The lowest BCUT2D eigenvalue weighted by Gasteiger charge is -2.14. The standard InChI is InChI=1S/C10H10FN3O5S/c11-20(18,19)5-6-3-9(15)14(4-6)8-2-1-7(10(16)17)12-13-8/h1-2,6H,3-5H2,(H,16,17). The number of carboxylic acid groups (broad SMARTS) is 1. The van der Waals surface area contributed by atoms with Crippen LogP contribution in [0, 0.1) is 5.92 Å². The fourth-order valence-electron chi connectivity index (χ4n) is 1.98. The zero-order chi connectivity index (χ0) is 14.9. The Labute approximate surface area is 113 Å². The monoisotopic (exact) mass is 303 g/mol. The lowest BCUT2D eigenvalue weighted by atomic mass is 10.1. The molecule has 1 aromatic rings. The number of anilines is 1. The SMILES string of the molecule is O=C(O)c1ccc(N2CC(CS(=O)(=O)F)CC2=O)nn1. The van der Waals surface area contributed by atoms with Crippen LogP contribution in [0.3, 0.4) is 0 Å². The van der Waals surface area contributed by atoms with Crippen LogP contribution in [0.25, 0.3) is 0 Å². The van der Waals surface area contributed by atoms with Crippen LogP contribution in [0.2, 0.25) is 0 Å². The summed E-state index contributed by atoms with van der Waals surface area (Å²) in [5.41, 5.74) is -0.275. The molecule has 2 rings (SSSR count). The van der Waals surface area contributed by atoms with E-state index in [9.17, 15) is 21.9 Å². The molecular weight excluding hydrogens is 293 g/mol. The highest BCUT2D eigenvalue weighted by Gasteiger charge is 2.34. The van der Waals surface area contributed by atoms with E-state index in [4.69, 9.17) is 5.11 Å². The Morgan fingerprint density at radius 2 is 2.15 bits per heavy atom. The molecular formula is C10H10FN3O5S. The van der Waals surface area contributed by atoms with E-state index in [0.29, 0.717) is 0 Å². The van der Waals surface area contributed by atoms with Crippen LogP contribution in [-0.4, -0.2) is 47.9 Å². The van der Waals surface area contributed by atoms with Crippen LogP contribution in [0.15, 0.2) is 12.1 Å². The van der Waals surface area contributed by atoms with Gasteiger partial charge >= 0.3 is 16.2 Å². The molecule has 0 aromatic carbocycles. The normalized spacial score (nSPS) is 19.4. The summed E-state index contributed by atoms with van der Waals surface area (Å²) in [6, 6.07) is 2.47. The predicted octanol–water partition coefficient (Wildman–Crippen LogP) is -0.173. The second-order valence-electron chi connectivity index (χ2n) is 4.36. The van der Waals surface area contributed by atoms with Crippen molar-refractivity contribution in [3.8, 4) is 0 Å². The number of nitrogens with zero attached hydrogens (tertiary/aromatic N) is 3. The van der Waals surface area contributed by atoms with Gasteiger partial charge in [0.1, 0.15) is 0 Å². The topological polar surface area (TPSA) is 118 Å². The second-order valence-corrected chi connectivity index (χ2v) is 5.77. The summed E-state index contributed by atoms with van der Waals surface area (Å²) in [6.45, 7) is 0.00306. The lowest BCUT2D eigenvalue weighted by molar-refractivity contribution is -0.117. The number of rotatable bonds is 4. The van der Waals surface area contributed by atoms with Gasteiger partial charge in [-0.15, -0.1) is 14.1 Å². The van der Waals surface area contributed by atoms with E-state index in [1.165, 1.54) is 12.1 Å². The van der Waals surface area contributed by atoms with Gasteiger partial charge in [0.05, 0.1) is 5.75 Å². The van der Waals surface area contributed by atoms with Gasteiger partial charge in [0.25, 0.3) is 0 Å². The highest BCUT2D eigenvalue weighted by molar-refractivity contribution is 7.86. The highest BCUT2D eigenvalue weighted by atomic mass is 32.3. The van der Waals surface area contributed by atoms with Crippen LogP contribution >= 0.6 is 0 Å². The van der Waals surface area contributed by atoms with Gasteiger partial charge < -0.3 is 5.11 Å². The lowest BCUT2D eigenvalue weighted by Crippen LogP contribution is -2.26. The van der Waals surface area contributed by atoms with Crippen molar-refractivity contribution in [3.05, 3.63) is 17.8 Å². The molecule has 0 radical (unpaired) electrons. The van der Waals surface area contributed by atoms with Crippen molar-refractivity contribution < 1.29 is 27.0 Å². The Bertz CT molecular complexity index is 645. The third-order valence-electron chi connectivity index (χ3n) is 2.79. The summed E-state index contributed by atoms with van der Waals surface area (Å²) in [4.78, 5) is 23.5. The first-order chi connectivity index (χ1) is 9.26. The van der Waals surface area contributed by atoms with Crippen LogP contribution in [0.5, 0.6) is 0 Å². The molecule has 0 spiro atoms. The maximum Gasteiger partial charge on any atom is 0.356 e. The van der Waals surface area contributed by atoms with E-state index in [-0.39, 0.29) is 24.5 Å². The van der Waals surface area contributed by atoms with E-state index in [1.54, 1.807) is 0 Å². The number of aromatic nitrogens is 2. The number of amides is 1. The molecule has 0 saturated carbocycles. The maximum absolute atomic E-state index is 12.6. The van der Waals surface area contributed by atoms with Crippen molar-refractivity contribution in [2.45, 2.75) is 6.42 Å². The molecule has 1 amide bonds. The Kier molecular flexibility index (Phi) is 3.66. The minimum absolute atomic E-state index is 0.00306. The molecule has 1 atom stereocenters. The summed E-state index contributed by atoms with van der Waals surface area (Å²) in [5, 5.41) is 15.7. The van der Waals surface area contributed by atoms with Gasteiger partial charge in [0.15, 0.2) is 11.5 Å². The number of hydrogen-bond acceptors (Lipinski definition) is 6. The van der Waals surface area contributed by atoms with E-state index in [1.807, 2.05) is 0 Å². The Hall–Kier alpha value is -2.10. The zero-order valence-electron chi connectivity index (χ0n) is 10.1. The van der Waals surface area contributed by atoms with E-state index >= 15 is 0 Å². The Morgan fingerprint density at radius 1 is 1.45 bits per heavy atom. The second kappa shape index (κ2) is 5.12. The number of carbonyl (C=O) groups is 2. The average Bonchev–Trinajstić information content (AvgIpc) is 2.67. The van der Waals surface area contributed by atoms with Gasteiger partial charge in [-0.05, 0) is 12.1 Å². The van der Waals surface area contributed by atoms with E-state index < -0.39 is 33.8 Å². The molecule has 1 aliphatic heterocycles. The van der Waals surface area contributed by atoms with Crippen molar-refractivity contribution in [1.29, 1.82) is 0 Å². The average molecular weight is 303 g/mol. The fraction of sp³-hybridized carbons (Fsp3) is 0.400. The molecule has 108 valence electrons. The van der Waals surface area contributed by atoms with E-state index in [2.05, 4.69) is 10.2 Å². The first-order valence-electron chi connectivity index (χ1n) is 5.56. The molecule has 10 heteroatoms. The molecule has 0 aliphatic carbocycles. The molecule has 2 heterocycles. The molecule has 1 saturated heterocycles. The smallest absolute Gasteiger partial charge is 0.356 e. The van der Waals surface area contributed by atoms with Crippen molar-refractivity contribution >= 4 is 27.9 Å². The first-order valence-corrected chi connectivity index (χ1v) is 7.11. The van der Waals surface area contributed by atoms with Gasteiger partial charge in [-0.25, -0.2) is 4.79 Å². The van der Waals surface area contributed by atoms with Crippen LogP contribution < -0.4 is 4.90 Å². The van der Waals surface area contributed by atoms with Crippen LogP contribution in [0.4, 0.5) is 9.70 Å². The minimum Gasteiger partial charge on any atom is -0.476 e. The fourth-order valence-corrected chi connectivity index (χ4v) is 2.77. The van der Waals surface area contributed by atoms with Crippen molar-refractivity contribution in [1.82, 2.24) is 10.2 Å². The third-order valence-corrected chi connectivity index (χ3v) is 3.66. The summed E-state index contributed by atoms with van der Waals surface area (Å²) < 4.78 is 33.7. The largest absolute Gasteiger partial charge is 0.476 e. The van der Waals surface area contributed by atoms with Crippen molar-refractivity contribution in [2.75, 3.05) is 17.2 Å². The Morgan fingerprint density at radius 3 is 2.65 bits per heavy atom. The minimum atomic E-state index is -4.65. The first kappa shape index (κ1) is 14.3. The van der Waals surface area contributed by atoms with Crippen molar-refractivity contribution in [3.63, 3.8) is 0 Å². The predicted molar refractivity (Wildman–Crippen MR) is 64.3 cm³/mol. The molecule has 1 unspecified atom stereocenters. The molecule has 1 aliphatic rings. The molecule has 20 heavy (non-hydrogen) atoms. The summed E-state index contributed by atoms with van der Waals surface area (Å²) in [5.74, 6) is -2.93. The third kappa shape index (κ3) is 3.26.